The molecule has 1 aromatic heterocycles. The Kier molecular flexibility index (Phi) is 6.68. The fourth-order valence-corrected chi connectivity index (χ4v) is 8.35. The van der Waals surface area contributed by atoms with Crippen molar-refractivity contribution in [2.45, 2.75) is 0 Å². The zero-order valence-electron chi connectivity index (χ0n) is 27.0. The highest BCUT2D eigenvalue weighted by Crippen LogP contribution is 2.53. The van der Waals surface area contributed by atoms with Crippen molar-refractivity contribution in [1.29, 1.82) is 0 Å². The van der Waals surface area contributed by atoms with E-state index in [1.165, 1.54) is 42.1 Å². The van der Waals surface area contributed by atoms with E-state index in [4.69, 9.17) is 4.74 Å². The molecule has 0 saturated heterocycles. The average molecular weight is 659 g/mol. The monoisotopic (exact) mass is 658 g/mol. The van der Waals surface area contributed by atoms with Gasteiger partial charge in [-0.2, -0.15) is 0 Å². The molecule has 1 aliphatic heterocycles. The molecule has 0 saturated carbocycles. The second-order valence-corrected chi connectivity index (χ2v) is 13.7. The van der Waals surface area contributed by atoms with Gasteiger partial charge < -0.3 is 14.5 Å². The molecule has 0 radical (unpaired) electrons. The van der Waals surface area contributed by atoms with E-state index in [0.29, 0.717) is 0 Å². The smallest absolute Gasteiger partial charge is 0.153 e. The van der Waals surface area contributed by atoms with Gasteiger partial charge >= 0.3 is 0 Å². The van der Waals surface area contributed by atoms with Gasteiger partial charge in [0.1, 0.15) is 0 Å². The van der Waals surface area contributed by atoms with Crippen LogP contribution in [0.15, 0.2) is 182 Å². The molecule has 0 fully saturated rings. The topological polar surface area (TPSA) is 15.7 Å². The first-order valence-corrected chi connectivity index (χ1v) is 17.7. The zero-order valence-corrected chi connectivity index (χ0v) is 27.8. The first kappa shape index (κ1) is 28.6. The van der Waals surface area contributed by atoms with Crippen LogP contribution in [0, 0.1) is 0 Å². The minimum Gasteiger partial charge on any atom is -0.453 e. The number of para-hydroxylation sites is 2. The Morgan fingerprint density at radius 2 is 1.08 bits per heavy atom. The summed E-state index contributed by atoms with van der Waals surface area (Å²) in [4.78, 5) is 4.65. The van der Waals surface area contributed by atoms with Crippen LogP contribution in [0.3, 0.4) is 0 Å². The zero-order chi connectivity index (χ0) is 33.0. The van der Waals surface area contributed by atoms with Crippen LogP contribution in [-0.2, 0) is 0 Å². The third-order valence-electron chi connectivity index (χ3n) is 9.61. The summed E-state index contributed by atoms with van der Waals surface area (Å²) >= 11 is 1.84. The summed E-state index contributed by atoms with van der Waals surface area (Å²) in [5.74, 6) is 1.64. The first-order chi connectivity index (χ1) is 24.8. The number of nitrogens with zero attached hydrogens (tertiary/aromatic N) is 2. The van der Waals surface area contributed by atoms with Crippen LogP contribution in [0.2, 0.25) is 0 Å². The maximum absolute atomic E-state index is 6.71. The number of hydrogen-bond acceptors (Lipinski definition) is 4. The normalized spacial score (nSPS) is 12.1. The predicted octanol–water partition coefficient (Wildman–Crippen LogP) is 13.9. The van der Waals surface area contributed by atoms with E-state index in [-0.39, 0.29) is 0 Å². The lowest BCUT2D eigenvalue weighted by Crippen LogP contribution is -2.16. The van der Waals surface area contributed by atoms with Crippen molar-refractivity contribution in [2.75, 3.05) is 9.80 Å². The van der Waals surface area contributed by atoms with Crippen LogP contribution in [0.1, 0.15) is 0 Å². The molecule has 0 N–H and O–H groups in total. The van der Waals surface area contributed by atoms with Crippen molar-refractivity contribution in [3.63, 3.8) is 0 Å². The lowest BCUT2D eigenvalue weighted by molar-refractivity contribution is 0.477. The van der Waals surface area contributed by atoms with Gasteiger partial charge in [0.25, 0.3) is 0 Å². The average Bonchev–Trinajstić information content (AvgIpc) is 3.55. The molecular formula is C46H30N2OS. The lowest BCUT2D eigenvalue weighted by atomic mass is 10.0. The Balaban J connectivity index is 1.11. The van der Waals surface area contributed by atoms with Gasteiger partial charge in [-0.3, -0.25) is 0 Å². The van der Waals surface area contributed by atoms with Crippen molar-refractivity contribution in [2.24, 2.45) is 0 Å². The Morgan fingerprint density at radius 1 is 0.420 bits per heavy atom. The van der Waals surface area contributed by atoms with E-state index in [9.17, 15) is 0 Å². The van der Waals surface area contributed by atoms with Gasteiger partial charge in [0, 0.05) is 49.0 Å². The van der Waals surface area contributed by atoms with Gasteiger partial charge in [-0.1, -0.05) is 109 Å². The molecule has 0 amide bonds. The molecule has 1 aliphatic rings. The maximum Gasteiger partial charge on any atom is 0.153 e. The molecule has 0 spiro atoms. The maximum atomic E-state index is 6.71. The third-order valence-corrected chi connectivity index (χ3v) is 10.7. The summed E-state index contributed by atoms with van der Waals surface area (Å²) in [7, 11) is 0. The van der Waals surface area contributed by atoms with E-state index in [0.717, 1.165) is 45.6 Å². The van der Waals surface area contributed by atoms with Crippen molar-refractivity contribution in [1.82, 2.24) is 0 Å². The fraction of sp³-hybridized carbons (Fsp3) is 0. The molecule has 0 bridgehead atoms. The molecule has 50 heavy (non-hydrogen) atoms. The largest absolute Gasteiger partial charge is 0.453 e. The summed E-state index contributed by atoms with van der Waals surface area (Å²) in [5.41, 5.74) is 8.70. The Labute approximate surface area is 294 Å². The minimum absolute atomic E-state index is 0.810. The first-order valence-electron chi connectivity index (χ1n) is 16.8. The molecule has 0 aliphatic carbocycles. The van der Waals surface area contributed by atoms with Crippen LogP contribution in [-0.4, -0.2) is 0 Å². The van der Waals surface area contributed by atoms with Crippen molar-refractivity contribution in [3.05, 3.63) is 182 Å². The number of ether oxygens (including phenoxy) is 1. The number of benzene rings is 8. The highest BCUT2D eigenvalue weighted by Gasteiger charge is 2.27. The Morgan fingerprint density at radius 3 is 1.98 bits per heavy atom. The van der Waals surface area contributed by atoms with Crippen molar-refractivity contribution >= 4 is 76.4 Å². The van der Waals surface area contributed by atoms with Gasteiger partial charge in [-0.15, -0.1) is 11.3 Å². The molecule has 8 aromatic carbocycles. The molecule has 3 nitrogen and oxygen atoms in total. The van der Waals surface area contributed by atoms with Crippen LogP contribution in [0.5, 0.6) is 11.5 Å². The second-order valence-electron chi connectivity index (χ2n) is 12.6. The molecular weight excluding hydrogens is 629 g/mol. The van der Waals surface area contributed by atoms with Crippen LogP contribution in [0.4, 0.5) is 34.1 Å². The quantitative estimate of drug-likeness (QED) is 0.183. The van der Waals surface area contributed by atoms with Crippen LogP contribution < -0.4 is 14.5 Å². The van der Waals surface area contributed by atoms with Gasteiger partial charge in [-0.25, -0.2) is 0 Å². The molecule has 0 atom stereocenters. The number of rotatable bonds is 5. The van der Waals surface area contributed by atoms with Crippen molar-refractivity contribution in [3.8, 4) is 22.6 Å². The standard InChI is InChI=1S/C46H30N2OS/c1-2-10-31(11-3-1)33-18-21-35(22-19-33)47(36-23-20-32-12-4-5-13-34(32)28-36)37-25-27-42-44(29-37)49-43-16-8-7-15-41(43)48(42)38-24-26-40-39-14-6-9-17-45(39)50-46(40)30-38/h1-30H. The number of hydrogen-bond donors (Lipinski definition) is 0. The molecule has 236 valence electrons. The summed E-state index contributed by atoms with van der Waals surface area (Å²) < 4.78 is 9.28. The lowest BCUT2D eigenvalue weighted by Gasteiger charge is -2.34. The number of anilines is 6. The fourth-order valence-electron chi connectivity index (χ4n) is 7.21. The SMILES string of the molecule is c1ccc(-c2ccc(N(c3ccc4c(c3)Oc3ccccc3N4c3ccc4c(c3)sc3ccccc34)c3ccc4ccccc4c3)cc2)cc1. The molecule has 4 heteroatoms. The van der Waals surface area contributed by atoms with Gasteiger partial charge in [0.15, 0.2) is 11.5 Å². The van der Waals surface area contributed by atoms with E-state index in [2.05, 4.69) is 186 Å². The Bertz CT molecular complexity index is 2700. The summed E-state index contributed by atoms with van der Waals surface area (Å²) in [5, 5.41) is 5.00. The van der Waals surface area contributed by atoms with E-state index in [1.807, 2.05) is 17.4 Å². The molecule has 0 unspecified atom stereocenters. The van der Waals surface area contributed by atoms with E-state index in [1.54, 1.807) is 0 Å². The predicted molar refractivity (Wildman–Crippen MR) is 212 cm³/mol. The van der Waals surface area contributed by atoms with E-state index < -0.39 is 0 Å². The molecule has 10 rings (SSSR count). The summed E-state index contributed by atoms with van der Waals surface area (Å²) in [6, 6.07) is 64.9. The Hall–Kier alpha value is -6.36. The van der Waals surface area contributed by atoms with Gasteiger partial charge in [-0.05, 0) is 88.6 Å². The highest BCUT2D eigenvalue weighted by molar-refractivity contribution is 7.25. The molecule has 9 aromatic rings. The van der Waals surface area contributed by atoms with Gasteiger partial charge in [0.05, 0.1) is 11.4 Å². The highest BCUT2D eigenvalue weighted by atomic mass is 32.1. The minimum atomic E-state index is 0.810. The summed E-state index contributed by atoms with van der Waals surface area (Å²) in [6.45, 7) is 0. The van der Waals surface area contributed by atoms with Crippen LogP contribution in [0.25, 0.3) is 42.1 Å². The third kappa shape index (κ3) is 4.80. The van der Waals surface area contributed by atoms with Gasteiger partial charge in [0.2, 0.25) is 0 Å². The second kappa shape index (κ2) is 11.7. The number of fused-ring (bicyclic) bond motifs is 6. The van der Waals surface area contributed by atoms with Crippen LogP contribution >= 0.6 is 11.3 Å². The summed E-state index contributed by atoms with van der Waals surface area (Å²) in [6.07, 6.45) is 0. The molecule has 2 heterocycles. The number of thiophene rings is 1. The van der Waals surface area contributed by atoms with E-state index >= 15 is 0 Å². The van der Waals surface area contributed by atoms with Crippen molar-refractivity contribution < 1.29 is 4.74 Å².